The van der Waals surface area contributed by atoms with E-state index in [1.165, 1.54) is 12.1 Å². The molecular formula is C21H24FN7O. The maximum absolute atomic E-state index is 13.6. The van der Waals surface area contributed by atoms with Crippen molar-refractivity contribution >= 4 is 11.7 Å². The Morgan fingerprint density at radius 3 is 2.67 bits per heavy atom. The number of nitrogens with one attached hydrogen (secondary N) is 2. The maximum Gasteiger partial charge on any atom is 0.319 e. The molecule has 0 spiro atoms. The van der Waals surface area contributed by atoms with Crippen molar-refractivity contribution in [3.63, 3.8) is 0 Å². The van der Waals surface area contributed by atoms with E-state index in [1.807, 2.05) is 54.0 Å². The molecule has 0 saturated heterocycles. The van der Waals surface area contributed by atoms with Gasteiger partial charge in [-0.05, 0) is 79.3 Å². The monoisotopic (exact) mass is 409 g/mol. The van der Waals surface area contributed by atoms with Crippen molar-refractivity contribution in [3.8, 4) is 11.4 Å². The number of benzene rings is 2. The first-order valence-corrected chi connectivity index (χ1v) is 9.86. The van der Waals surface area contributed by atoms with E-state index < -0.39 is 0 Å². The fourth-order valence-corrected chi connectivity index (χ4v) is 3.33. The largest absolute Gasteiger partial charge is 0.336 e. The van der Waals surface area contributed by atoms with Crippen LogP contribution in [-0.2, 0) is 0 Å². The Morgan fingerprint density at radius 1 is 1.23 bits per heavy atom. The lowest BCUT2D eigenvalue weighted by molar-refractivity contribution is 0.243. The van der Waals surface area contributed by atoms with Crippen LogP contribution in [0.25, 0.3) is 11.4 Å². The van der Waals surface area contributed by atoms with Crippen LogP contribution >= 0.6 is 0 Å². The zero-order valence-electron chi connectivity index (χ0n) is 16.9. The molecule has 0 aliphatic heterocycles. The van der Waals surface area contributed by atoms with Gasteiger partial charge in [-0.15, -0.1) is 5.10 Å². The Bertz CT molecular complexity index is 1010. The van der Waals surface area contributed by atoms with Crippen molar-refractivity contribution in [3.05, 3.63) is 59.9 Å². The Morgan fingerprint density at radius 2 is 2.00 bits per heavy atom. The van der Waals surface area contributed by atoms with Crippen LogP contribution in [0.2, 0.25) is 0 Å². The summed E-state index contributed by atoms with van der Waals surface area (Å²) in [5, 5.41) is 17.6. The zero-order valence-corrected chi connectivity index (χ0v) is 16.9. The highest BCUT2D eigenvalue weighted by Crippen LogP contribution is 2.36. The minimum atomic E-state index is -0.325. The molecule has 4 rings (SSSR count). The number of hydrogen-bond acceptors (Lipinski definition) is 5. The standard InChI is InChI=1S/C21H24FN7O/c1-28(2)19(15-4-3-5-16(22)12-15)13-23-21(30)24-17-8-6-14(7-9-17)20-25-26-27-29(20)18-10-11-18/h3-9,12,18-19H,10-11,13H2,1-2H3,(H2,23,24,30). The lowest BCUT2D eigenvalue weighted by Gasteiger charge is -2.25. The van der Waals surface area contributed by atoms with E-state index >= 15 is 0 Å². The highest BCUT2D eigenvalue weighted by Gasteiger charge is 2.28. The molecule has 2 N–H and O–H groups in total. The van der Waals surface area contributed by atoms with E-state index in [9.17, 15) is 9.18 Å². The second-order valence-corrected chi connectivity index (χ2v) is 7.63. The minimum absolute atomic E-state index is 0.143. The third kappa shape index (κ3) is 4.62. The molecule has 1 heterocycles. The Kier molecular flexibility index (Phi) is 5.71. The van der Waals surface area contributed by atoms with E-state index in [-0.39, 0.29) is 17.9 Å². The van der Waals surface area contributed by atoms with Crippen LogP contribution in [0.1, 0.15) is 30.5 Å². The number of hydrogen-bond donors (Lipinski definition) is 2. The number of halogens is 1. The van der Waals surface area contributed by atoms with Gasteiger partial charge in [0.15, 0.2) is 5.82 Å². The summed E-state index contributed by atoms with van der Waals surface area (Å²) in [5.74, 6) is 0.439. The lowest BCUT2D eigenvalue weighted by atomic mass is 10.1. The van der Waals surface area contributed by atoms with Gasteiger partial charge in [-0.1, -0.05) is 12.1 Å². The van der Waals surface area contributed by atoms with Crippen LogP contribution in [-0.4, -0.2) is 51.8 Å². The molecule has 1 saturated carbocycles. The number of anilines is 1. The summed E-state index contributed by atoms with van der Waals surface area (Å²) in [4.78, 5) is 14.3. The molecule has 8 nitrogen and oxygen atoms in total. The molecule has 1 fully saturated rings. The van der Waals surface area contributed by atoms with Crippen LogP contribution in [0.5, 0.6) is 0 Å². The SMILES string of the molecule is CN(C)C(CNC(=O)Nc1ccc(-c2nnnn2C2CC2)cc1)c1cccc(F)c1. The van der Waals surface area contributed by atoms with Gasteiger partial charge >= 0.3 is 6.03 Å². The van der Waals surface area contributed by atoms with Gasteiger partial charge in [-0.3, -0.25) is 0 Å². The van der Waals surface area contributed by atoms with Gasteiger partial charge in [-0.2, -0.15) is 0 Å². The second-order valence-electron chi connectivity index (χ2n) is 7.63. The number of amides is 2. The smallest absolute Gasteiger partial charge is 0.319 e. The highest BCUT2D eigenvalue weighted by molar-refractivity contribution is 5.89. The number of carbonyl (C=O) groups excluding carboxylic acids is 1. The first kappa shape index (κ1) is 20.0. The number of nitrogens with zero attached hydrogens (tertiary/aromatic N) is 5. The van der Waals surface area contributed by atoms with Gasteiger partial charge in [0, 0.05) is 17.8 Å². The van der Waals surface area contributed by atoms with Crippen LogP contribution < -0.4 is 10.6 Å². The summed E-state index contributed by atoms with van der Waals surface area (Å²) in [6.45, 7) is 0.344. The topological polar surface area (TPSA) is 88.0 Å². The number of aromatic nitrogens is 4. The molecule has 2 aromatic carbocycles. The van der Waals surface area contributed by atoms with Gasteiger partial charge in [0.1, 0.15) is 5.82 Å². The summed E-state index contributed by atoms with van der Waals surface area (Å²) in [7, 11) is 3.78. The average Bonchev–Trinajstić information content (AvgIpc) is 3.45. The number of likely N-dealkylation sites (N-methyl/N-ethyl adjacent to an activating group) is 1. The van der Waals surface area contributed by atoms with Gasteiger partial charge in [0.05, 0.1) is 12.1 Å². The van der Waals surface area contributed by atoms with Crippen LogP contribution in [0.15, 0.2) is 48.5 Å². The number of rotatable bonds is 7. The minimum Gasteiger partial charge on any atom is -0.336 e. The molecule has 156 valence electrons. The van der Waals surface area contributed by atoms with E-state index in [1.54, 1.807) is 6.07 Å². The number of carbonyl (C=O) groups is 1. The van der Waals surface area contributed by atoms with Gasteiger partial charge in [0.2, 0.25) is 0 Å². The highest BCUT2D eigenvalue weighted by atomic mass is 19.1. The molecule has 1 atom stereocenters. The first-order valence-electron chi connectivity index (χ1n) is 9.86. The first-order chi connectivity index (χ1) is 14.5. The molecule has 9 heteroatoms. The fraction of sp³-hybridized carbons (Fsp3) is 0.333. The molecule has 3 aromatic rings. The molecule has 1 aliphatic rings. The summed E-state index contributed by atoms with van der Waals surface area (Å²) in [6.07, 6.45) is 2.20. The van der Waals surface area contributed by atoms with Crippen molar-refractivity contribution in [1.82, 2.24) is 30.4 Å². The van der Waals surface area contributed by atoms with Crippen molar-refractivity contribution in [2.75, 3.05) is 26.0 Å². The van der Waals surface area contributed by atoms with Crippen LogP contribution in [0, 0.1) is 5.82 Å². The predicted octanol–water partition coefficient (Wildman–Crippen LogP) is 3.24. The van der Waals surface area contributed by atoms with Crippen LogP contribution in [0.3, 0.4) is 0 Å². The molecular weight excluding hydrogens is 385 g/mol. The summed E-state index contributed by atoms with van der Waals surface area (Å²) in [6, 6.07) is 13.7. The molecule has 1 aromatic heterocycles. The average molecular weight is 409 g/mol. The molecule has 1 aliphatic carbocycles. The van der Waals surface area contributed by atoms with Crippen molar-refractivity contribution < 1.29 is 9.18 Å². The van der Waals surface area contributed by atoms with Crippen molar-refractivity contribution in [2.45, 2.75) is 24.9 Å². The Balaban J connectivity index is 1.36. The fourth-order valence-electron chi connectivity index (χ4n) is 3.33. The van der Waals surface area contributed by atoms with Gasteiger partial charge in [-0.25, -0.2) is 13.9 Å². The van der Waals surface area contributed by atoms with E-state index in [0.29, 0.717) is 18.3 Å². The van der Waals surface area contributed by atoms with E-state index in [4.69, 9.17) is 0 Å². The third-order valence-electron chi connectivity index (χ3n) is 5.10. The lowest BCUT2D eigenvalue weighted by Crippen LogP contribution is -2.36. The molecule has 0 radical (unpaired) electrons. The second kappa shape index (κ2) is 8.58. The molecule has 2 amide bonds. The van der Waals surface area contributed by atoms with Crippen LogP contribution in [0.4, 0.5) is 14.9 Å². The van der Waals surface area contributed by atoms with Gasteiger partial charge < -0.3 is 15.5 Å². The normalized spacial score (nSPS) is 14.5. The predicted molar refractivity (Wildman–Crippen MR) is 111 cm³/mol. The van der Waals surface area contributed by atoms with E-state index in [2.05, 4.69) is 26.2 Å². The van der Waals surface area contributed by atoms with Crippen molar-refractivity contribution in [1.29, 1.82) is 0 Å². The molecule has 0 bridgehead atoms. The maximum atomic E-state index is 13.6. The number of tetrazole rings is 1. The van der Waals surface area contributed by atoms with Gasteiger partial charge in [0.25, 0.3) is 0 Å². The third-order valence-corrected chi connectivity index (χ3v) is 5.10. The quantitative estimate of drug-likeness (QED) is 0.626. The Hall–Kier alpha value is -3.33. The Labute approximate surface area is 174 Å². The summed E-state index contributed by atoms with van der Waals surface area (Å²) in [5.41, 5.74) is 2.36. The van der Waals surface area contributed by atoms with Crippen molar-refractivity contribution in [2.24, 2.45) is 0 Å². The molecule has 30 heavy (non-hydrogen) atoms. The number of urea groups is 1. The summed E-state index contributed by atoms with van der Waals surface area (Å²) >= 11 is 0. The zero-order chi connectivity index (χ0) is 21.1. The summed E-state index contributed by atoms with van der Waals surface area (Å²) < 4.78 is 15.4. The molecule has 1 unspecified atom stereocenters. The van der Waals surface area contributed by atoms with E-state index in [0.717, 1.165) is 29.8 Å².